The lowest BCUT2D eigenvalue weighted by Gasteiger charge is -2.14. The largest absolute Gasteiger partial charge is 0.466 e. The third-order valence-electron chi connectivity index (χ3n) is 2.44. The first kappa shape index (κ1) is 14.8. The van der Waals surface area contributed by atoms with Gasteiger partial charge in [0.25, 0.3) is 0 Å². The van der Waals surface area contributed by atoms with E-state index in [-0.39, 0.29) is 13.0 Å². The normalized spacial score (nSPS) is 12.0. The van der Waals surface area contributed by atoms with Gasteiger partial charge in [0.1, 0.15) is 0 Å². The van der Waals surface area contributed by atoms with E-state index in [0.717, 1.165) is 11.3 Å². The standard InChI is InChI=1S/C13H18ClNO3/c1-3-18-12(17)7-10(16)8-15-13-9(2)5-4-6-11(13)14/h4-6,10,15-16H,3,7-8H2,1-2H3. The number of ether oxygens (including phenoxy) is 1. The maximum atomic E-state index is 11.2. The molecule has 0 aliphatic carbocycles. The van der Waals surface area contributed by atoms with E-state index >= 15 is 0 Å². The Morgan fingerprint density at radius 3 is 2.89 bits per heavy atom. The van der Waals surface area contributed by atoms with E-state index < -0.39 is 12.1 Å². The van der Waals surface area contributed by atoms with E-state index in [1.54, 1.807) is 13.0 Å². The molecule has 0 aromatic heterocycles. The first-order chi connectivity index (χ1) is 8.54. The van der Waals surface area contributed by atoms with Crippen LogP contribution in [0.15, 0.2) is 18.2 Å². The monoisotopic (exact) mass is 271 g/mol. The Labute approximate surface area is 112 Å². The fourth-order valence-electron chi connectivity index (χ4n) is 1.56. The molecule has 1 aromatic carbocycles. The Kier molecular flexibility index (Phi) is 5.95. The van der Waals surface area contributed by atoms with Gasteiger partial charge in [0.05, 0.1) is 29.8 Å². The lowest BCUT2D eigenvalue weighted by atomic mass is 10.2. The zero-order chi connectivity index (χ0) is 13.5. The van der Waals surface area contributed by atoms with Crippen molar-refractivity contribution in [1.82, 2.24) is 0 Å². The molecule has 0 radical (unpaired) electrons. The summed E-state index contributed by atoms with van der Waals surface area (Å²) < 4.78 is 4.76. The smallest absolute Gasteiger partial charge is 0.308 e. The van der Waals surface area contributed by atoms with E-state index in [2.05, 4.69) is 5.32 Å². The fourth-order valence-corrected chi connectivity index (χ4v) is 1.85. The van der Waals surface area contributed by atoms with Crippen molar-refractivity contribution >= 4 is 23.3 Å². The Hall–Kier alpha value is -1.26. The summed E-state index contributed by atoms with van der Waals surface area (Å²) in [6.07, 6.45) is -0.815. The fraction of sp³-hybridized carbons (Fsp3) is 0.462. The lowest BCUT2D eigenvalue weighted by molar-refractivity contribution is -0.145. The summed E-state index contributed by atoms with van der Waals surface area (Å²) in [6, 6.07) is 5.55. The van der Waals surface area contributed by atoms with Gasteiger partial charge >= 0.3 is 5.97 Å². The van der Waals surface area contributed by atoms with Crippen LogP contribution in [0.1, 0.15) is 18.9 Å². The molecule has 0 bridgehead atoms. The summed E-state index contributed by atoms with van der Waals surface area (Å²) in [5.74, 6) is -0.400. The highest BCUT2D eigenvalue weighted by Gasteiger charge is 2.12. The van der Waals surface area contributed by atoms with Crippen molar-refractivity contribution in [2.75, 3.05) is 18.5 Å². The molecule has 18 heavy (non-hydrogen) atoms. The van der Waals surface area contributed by atoms with Gasteiger partial charge in [-0.25, -0.2) is 0 Å². The average Bonchev–Trinajstić information content (AvgIpc) is 2.28. The second-order valence-corrected chi connectivity index (χ2v) is 4.38. The van der Waals surface area contributed by atoms with Crippen LogP contribution in [0.3, 0.4) is 0 Å². The number of aryl methyl sites for hydroxylation is 1. The number of benzene rings is 1. The zero-order valence-corrected chi connectivity index (χ0v) is 11.3. The van der Waals surface area contributed by atoms with E-state index in [1.165, 1.54) is 0 Å². The van der Waals surface area contributed by atoms with Gasteiger partial charge in [-0.05, 0) is 25.5 Å². The minimum atomic E-state index is -0.792. The van der Waals surface area contributed by atoms with E-state index in [1.807, 2.05) is 19.1 Å². The first-order valence-electron chi connectivity index (χ1n) is 5.87. The van der Waals surface area contributed by atoms with Gasteiger partial charge in [0, 0.05) is 6.54 Å². The molecule has 0 saturated carbocycles. The molecule has 0 heterocycles. The molecule has 0 aliphatic rings. The molecular formula is C13H18ClNO3. The summed E-state index contributed by atoms with van der Waals surface area (Å²) >= 11 is 6.03. The van der Waals surface area contributed by atoms with Crippen LogP contribution in [0.5, 0.6) is 0 Å². The Morgan fingerprint density at radius 2 is 2.28 bits per heavy atom. The molecule has 1 unspecified atom stereocenters. The average molecular weight is 272 g/mol. The van der Waals surface area contributed by atoms with Crippen molar-refractivity contribution in [1.29, 1.82) is 0 Å². The SMILES string of the molecule is CCOC(=O)CC(O)CNc1c(C)cccc1Cl. The number of halogens is 1. The van der Waals surface area contributed by atoms with E-state index in [4.69, 9.17) is 16.3 Å². The van der Waals surface area contributed by atoms with Crippen molar-refractivity contribution in [2.24, 2.45) is 0 Å². The van der Waals surface area contributed by atoms with Crippen molar-refractivity contribution in [3.05, 3.63) is 28.8 Å². The number of carbonyl (C=O) groups excluding carboxylic acids is 1. The molecule has 1 rings (SSSR count). The number of rotatable bonds is 6. The summed E-state index contributed by atoms with van der Waals surface area (Å²) in [6.45, 7) is 4.23. The van der Waals surface area contributed by atoms with Crippen LogP contribution in [0.2, 0.25) is 5.02 Å². The zero-order valence-electron chi connectivity index (χ0n) is 10.6. The molecule has 1 atom stereocenters. The van der Waals surface area contributed by atoms with Gasteiger partial charge in [0.2, 0.25) is 0 Å². The third-order valence-corrected chi connectivity index (χ3v) is 2.76. The van der Waals surface area contributed by atoms with Crippen molar-refractivity contribution in [2.45, 2.75) is 26.4 Å². The van der Waals surface area contributed by atoms with Crippen molar-refractivity contribution in [3.63, 3.8) is 0 Å². The molecule has 0 fully saturated rings. The molecule has 4 nitrogen and oxygen atoms in total. The topological polar surface area (TPSA) is 58.6 Å². The van der Waals surface area contributed by atoms with Crippen LogP contribution in [-0.4, -0.2) is 30.3 Å². The molecule has 0 saturated heterocycles. The molecule has 0 amide bonds. The summed E-state index contributed by atoms with van der Waals surface area (Å²) in [4.78, 5) is 11.2. The minimum Gasteiger partial charge on any atom is -0.466 e. The summed E-state index contributed by atoms with van der Waals surface area (Å²) in [7, 11) is 0. The number of hydrogen-bond acceptors (Lipinski definition) is 4. The Balaban J connectivity index is 2.47. The molecule has 0 spiro atoms. The number of aliphatic hydroxyl groups is 1. The molecule has 1 aromatic rings. The Morgan fingerprint density at radius 1 is 1.56 bits per heavy atom. The van der Waals surface area contributed by atoms with Gasteiger partial charge in [0.15, 0.2) is 0 Å². The van der Waals surface area contributed by atoms with E-state index in [0.29, 0.717) is 11.6 Å². The number of esters is 1. The van der Waals surface area contributed by atoms with Crippen molar-refractivity contribution < 1.29 is 14.6 Å². The highest BCUT2D eigenvalue weighted by Crippen LogP contribution is 2.25. The third kappa shape index (κ3) is 4.55. The van der Waals surface area contributed by atoms with Crippen LogP contribution in [0.4, 0.5) is 5.69 Å². The van der Waals surface area contributed by atoms with Crippen molar-refractivity contribution in [3.8, 4) is 0 Å². The number of aliphatic hydroxyl groups excluding tert-OH is 1. The van der Waals surface area contributed by atoms with Gasteiger partial charge in [-0.1, -0.05) is 23.7 Å². The molecular weight excluding hydrogens is 254 g/mol. The van der Waals surface area contributed by atoms with Gasteiger partial charge in [-0.15, -0.1) is 0 Å². The number of nitrogens with one attached hydrogen (secondary N) is 1. The predicted molar refractivity (Wildman–Crippen MR) is 71.9 cm³/mol. The quantitative estimate of drug-likeness (QED) is 0.780. The highest BCUT2D eigenvalue weighted by molar-refractivity contribution is 6.33. The number of para-hydroxylation sites is 1. The second kappa shape index (κ2) is 7.24. The van der Waals surface area contributed by atoms with Gasteiger partial charge in [-0.2, -0.15) is 0 Å². The predicted octanol–water partition coefficient (Wildman–Crippen LogP) is 2.37. The molecule has 0 aliphatic heterocycles. The first-order valence-corrected chi connectivity index (χ1v) is 6.25. The van der Waals surface area contributed by atoms with Crippen LogP contribution in [0.25, 0.3) is 0 Å². The molecule has 2 N–H and O–H groups in total. The number of anilines is 1. The highest BCUT2D eigenvalue weighted by atomic mass is 35.5. The van der Waals surface area contributed by atoms with E-state index in [9.17, 15) is 9.90 Å². The lowest BCUT2D eigenvalue weighted by Crippen LogP contribution is -2.24. The number of carbonyl (C=O) groups is 1. The van der Waals surface area contributed by atoms with Gasteiger partial charge < -0.3 is 15.2 Å². The maximum Gasteiger partial charge on any atom is 0.308 e. The van der Waals surface area contributed by atoms with Crippen LogP contribution < -0.4 is 5.32 Å². The molecule has 100 valence electrons. The minimum absolute atomic E-state index is 0.0235. The summed E-state index contributed by atoms with van der Waals surface area (Å²) in [5.41, 5.74) is 1.77. The maximum absolute atomic E-state index is 11.2. The van der Waals surface area contributed by atoms with Crippen LogP contribution >= 0.6 is 11.6 Å². The molecule has 5 heteroatoms. The number of hydrogen-bond donors (Lipinski definition) is 2. The van der Waals surface area contributed by atoms with Crippen LogP contribution in [-0.2, 0) is 9.53 Å². The Bertz CT molecular complexity index is 389. The summed E-state index contributed by atoms with van der Waals surface area (Å²) in [5, 5.41) is 13.3. The van der Waals surface area contributed by atoms with Crippen LogP contribution in [0, 0.1) is 6.92 Å². The second-order valence-electron chi connectivity index (χ2n) is 3.98. The van der Waals surface area contributed by atoms with Gasteiger partial charge in [-0.3, -0.25) is 4.79 Å².